The van der Waals surface area contributed by atoms with Gasteiger partial charge in [0.25, 0.3) is 0 Å². The van der Waals surface area contributed by atoms with E-state index >= 15 is 0 Å². The summed E-state index contributed by atoms with van der Waals surface area (Å²) in [5.74, 6) is 0.0444. The van der Waals surface area contributed by atoms with Gasteiger partial charge in [0.05, 0.1) is 18.0 Å². The first-order valence-electron chi connectivity index (χ1n) is 10.8. The summed E-state index contributed by atoms with van der Waals surface area (Å²) in [6.45, 7) is 1.16. The number of aliphatic hydroxyl groups is 1. The zero-order chi connectivity index (χ0) is 24.6. The molecule has 9 nitrogen and oxygen atoms in total. The van der Waals surface area contributed by atoms with Gasteiger partial charge in [0.1, 0.15) is 17.7 Å². The summed E-state index contributed by atoms with van der Waals surface area (Å²) in [5.41, 5.74) is -0.451. The predicted octanol–water partition coefficient (Wildman–Crippen LogP) is 2.99. The van der Waals surface area contributed by atoms with Crippen LogP contribution >= 0.6 is 0 Å². The molecule has 1 unspecified atom stereocenters. The second kappa shape index (κ2) is 9.15. The van der Waals surface area contributed by atoms with Crippen LogP contribution in [0.25, 0.3) is 17.2 Å². The number of alkyl halides is 3. The summed E-state index contributed by atoms with van der Waals surface area (Å²) < 4.78 is 54.6. The van der Waals surface area contributed by atoms with Crippen molar-refractivity contribution in [2.75, 3.05) is 18.0 Å². The highest BCUT2D eigenvalue weighted by Crippen LogP contribution is 2.29. The van der Waals surface area contributed by atoms with Crippen LogP contribution in [0, 0.1) is 5.95 Å². The van der Waals surface area contributed by atoms with Gasteiger partial charge < -0.3 is 10.0 Å². The molecule has 4 aromatic rings. The number of aromatic nitrogens is 6. The van der Waals surface area contributed by atoms with Gasteiger partial charge in [-0.1, -0.05) is 0 Å². The Morgan fingerprint density at radius 3 is 2.74 bits per heavy atom. The second-order valence-electron chi connectivity index (χ2n) is 8.12. The van der Waals surface area contributed by atoms with Gasteiger partial charge >= 0.3 is 6.18 Å². The van der Waals surface area contributed by atoms with Crippen LogP contribution in [0.4, 0.5) is 23.4 Å². The standard InChI is InChI=1S/C22H20F4N8O/c23-19-14(4-1-6-27-19)21(35)31-13-3-2-8-33(11-13)17-5-7-28-20(32-17)15-9-30-18-10-29-16(12-34(15)18)22(24,25)26/h1,4-7,9-10,12-13,21,31,35H,2-3,8,11H2/t13-,21?/m0/s1. The van der Waals surface area contributed by atoms with Crippen molar-refractivity contribution in [1.82, 2.24) is 34.6 Å². The molecule has 0 radical (unpaired) electrons. The van der Waals surface area contributed by atoms with Gasteiger partial charge in [-0.25, -0.2) is 24.9 Å². The van der Waals surface area contributed by atoms with Crippen molar-refractivity contribution in [1.29, 1.82) is 0 Å². The Labute approximate surface area is 196 Å². The molecular weight excluding hydrogens is 468 g/mol. The summed E-state index contributed by atoms with van der Waals surface area (Å²) in [5, 5.41) is 13.5. The van der Waals surface area contributed by atoms with Gasteiger partial charge in [-0.05, 0) is 31.0 Å². The van der Waals surface area contributed by atoms with Gasteiger partial charge in [-0.15, -0.1) is 0 Å². The summed E-state index contributed by atoms with van der Waals surface area (Å²) in [4.78, 5) is 21.9. The maximum Gasteiger partial charge on any atom is 0.434 e. The van der Waals surface area contributed by atoms with Crippen molar-refractivity contribution in [3.05, 3.63) is 66.4 Å². The number of hydrogen-bond acceptors (Lipinski definition) is 8. The largest absolute Gasteiger partial charge is 0.434 e. The van der Waals surface area contributed by atoms with Crippen LogP contribution in [0.1, 0.15) is 30.3 Å². The van der Waals surface area contributed by atoms with Crippen molar-refractivity contribution in [3.63, 3.8) is 0 Å². The highest BCUT2D eigenvalue weighted by Gasteiger charge is 2.33. The number of anilines is 1. The quantitative estimate of drug-likeness (QED) is 0.251. The fourth-order valence-electron chi connectivity index (χ4n) is 4.09. The predicted molar refractivity (Wildman–Crippen MR) is 117 cm³/mol. The van der Waals surface area contributed by atoms with Crippen LogP contribution in [-0.4, -0.2) is 53.6 Å². The molecule has 0 amide bonds. The first kappa shape index (κ1) is 23.1. The minimum Gasteiger partial charge on any atom is -0.374 e. The average Bonchev–Trinajstić information content (AvgIpc) is 3.27. The SMILES string of the molecule is OC(N[C@H]1CCCN(c2ccnc(-c3cnc4cnc(C(F)(F)F)cn34)n2)C1)c1cccnc1F. The maximum atomic E-state index is 13.9. The van der Waals surface area contributed by atoms with Crippen molar-refractivity contribution < 1.29 is 22.7 Å². The highest BCUT2D eigenvalue weighted by molar-refractivity contribution is 5.58. The molecule has 0 aromatic carbocycles. The fourth-order valence-corrected chi connectivity index (χ4v) is 4.09. The van der Waals surface area contributed by atoms with E-state index in [0.717, 1.165) is 25.2 Å². The van der Waals surface area contributed by atoms with Gasteiger partial charge in [0, 0.05) is 37.7 Å². The van der Waals surface area contributed by atoms with E-state index in [2.05, 4.69) is 30.2 Å². The lowest BCUT2D eigenvalue weighted by Gasteiger charge is -2.35. The molecule has 1 aliphatic heterocycles. The smallest absolute Gasteiger partial charge is 0.374 e. The van der Waals surface area contributed by atoms with Crippen LogP contribution < -0.4 is 10.2 Å². The fraction of sp³-hybridized carbons (Fsp3) is 0.318. The van der Waals surface area contributed by atoms with E-state index < -0.39 is 24.0 Å². The van der Waals surface area contributed by atoms with Crippen LogP contribution in [-0.2, 0) is 6.18 Å². The van der Waals surface area contributed by atoms with Gasteiger partial charge in [-0.3, -0.25) is 9.72 Å². The Bertz CT molecular complexity index is 1340. The number of aliphatic hydroxyl groups excluding tert-OH is 1. The number of nitrogens with one attached hydrogen (secondary N) is 1. The normalized spacial score (nSPS) is 17.6. The van der Waals surface area contributed by atoms with E-state index in [4.69, 9.17) is 0 Å². The molecule has 0 spiro atoms. The molecule has 4 aromatic heterocycles. The highest BCUT2D eigenvalue weighted by atomic mass is 19.4. The van der Waals surface area contributed by atoms with Gasteiger partial charge in [0.2, 0.25) is 5.95 Å². The van der Waals surface area contributed by atoms with Gasteiger partial charge in [-0.2, -0.15) is 17.6 Å². The minimum absolute atomic E-state index is 0.0641. The third-order valence-electron chi connectivity index (χ3n) is 5.78. The molecule has 2 N–H and O–H groups in total. The van der Waals surface area contributed by atoms with Crippen LogP contribution in [0.15, 0.2) is 49.2 Å². The molecular formula is C22H20F4N8O. The Morgan fingerprint density at radius 1 is 1.09 bits per heavy atom. The Balaban J connectivity index is 1.37. The first-order chi connectivity index (χ1) is 16.8. The number of nitrogens with zero attached hydrogens (tertiary/aromatic N) is 7. The van der Waals surface area contributed by atoms with E-state index in [9.17, 15) is 22.7 Å². The Morgan fingerprint density at radius 2 is 1.94 bits per heavy atom. The topological polar surface area (TPSA) is 104 Å². The number of piperidine rings is 1. The van der Waals surface area contributed by atoms with E-state index in [-0.39, 0.29) is 23.1 Å². The van der Waals surface area contributed by atoms with E-state index in [1.165, 1.54) is 29.1 Å². The van der Waals surface area contributed by atoms with E-state index in [1.807, 2.05) is 4.90 Å². The van der Waals surface area contributed by atoms with Crippen molar-refractivity contribution in [2.24, 2.45) is 0 Å². The van der Waals surface area contributed by atoms with Crippen molar-refractivity contribution >= 4 is 11.5 Å². The number of fused-ring (bicyclic) bond motifs is 1. The zero-order valence-electron chi connectivity index (χ0n) is 18.2. The molecule has 13 heteroatoms. The molecule has 0 bridgehead atoms. The van der Waals surface area contributed by atoms with Crippen molar-refractivity contribution in [3.8, 4) is 11.5 Å². The van der Waals surface area contributed by atoms with Crippen LogP contribution in [0.5, 0.6) is 0 Å². The lowest BCUT2D eigenvalue weighted by molar-refractivity contribution is -0.141. The number of hydrogen-bond donors (Lipinski definition) is 2. The number of halogens is 4. The molecule has 0 saturated carbocycles. The molecule has 35 heavy (non-hydrogen) atoms. The van der Waals surface area contributed by atoms with Crippen molar-refractivity contribution in [2.45, 2.75) is 31.3 Å². The minimum atomic E-state index is -4.60. The van der Waals surface area contributed by atoms with Crippen LogP contribution in [0.3, 0.4) is 0 Å². The molecule has 1 aliphatic rings. The lowest BCUT2D eigenvalue weighted by atomic mass is 10.0. The zero-order valence-corrected chi connectivity index (χ0v) is 18.2. The Kier molecular flexibility index (Phi) is 6.03. The second-order valence-corrected chi connectivity index (χ2v) is 8.12. The first-order valence-corrected chi connectivity index (χ1v) is 10.8. The number of rotatable bonds is 5. The van der Waals surface area contributed by atoms with Crippen LogP contribution in [0.2, 0.25) is 0 Å². The molecule has 0 aliphatic carbocycles. The number of imidazole rings is 1. The summed E-state index contributed by atoms with van der Waals surface area (Å²) in [7, 11) is 0. The molecule has 5 rings (SSSR count). The lowest BCUT2D eigenvalue weighted by Crippen LogP contribution is -2.47. The third kappa shape index (κ3) is 4.77. The molecule has 1 fully saturated rings. The Hall–Kier alpha value is -3.71. The number of pyridine rings is 1. The molecule has 2 atom stereocenters. The van der Waals surface area contributed by atoms with Gasteiger partial charge in [0.15, 0.2) is 17.2 Å². The molecule has 182 valence electrons. The third-order valence-corrected chi connectivity index (χ3v) is 5.78. The average molecular weight is 488 g/mol. The molecule has 5 heterocycles. The molecule has 1 saturated heterocycles. The van der Waals surface area contributed by atoms with E-state index in [0.29, 0.717) is 24.6 Å². The monoisotopic (exact) mass is 488 g/mol. The maximum absolute atomic E-state index is 13.9. The van der Waals surface area contributed by atoms with E-state index in [1.54, 1.807) is 12.1 Å². The summed E-state index contributed by atoms with van der Waals surface area (Å²) >= 11 is 0. The summed E-state index contributed by atoms with van der Waals surface area (Å²) in [6, 6.07) is 4.56. The summed E-state index contributed by atoms with van der Waals surface area (Å²) in [6.07, 6.45) is 1.88.